The summed E-state index contributed by atoms with van der Waals surface area (Å²) in [5.41, 5.74) is 0.0701. The van der Waals surface area contributed by atoms with E-state index in [0.29, 0.717) is 5.82 Å². The summed E-state index contributed by atoms with van der Waals surface area (Å²) in [5.74, 6) is -0.518. The van der Waals surface area contributed by atoms with Crippen molar-refractivity contribution in [2.45, 2.75) is 39.2 Å². The average molecular weight is 265 g/mol. The van der Waals surface area contributed by atoms with E-state index in [2.05, 4.69) is 4.98 Å². The molecule has 2 heterocycles. The van der Waals surface area contributed by atoms with Crippen LogP contribution in [0.15, 0.2) is 6.20 Å². The number of aryl methyl sites for hydroxylation is 1. The van der Waals surface area contributed by atoms with Crippen LogP contribution in [0, 0.1) is 6.92 Å². The second-order valence-corrected chi connectivity index (χ2v) is 4.88. The predicted octanol–water partition coefficient (Wildman–Crippen LogP) is 1.29. The number of hydrogen-bond acceptors (Lipinski definition) is 3. The van der Waals surface area contributed by atoms with Crippen LogP contribution in [-0.4, -0.2) is 44.5 Å². The number of aromatic nitrogens is 2. The molecule has 1 N–H and O–H groups in total. The van der Waals surface area contributed by atoms with Crippen molar-refractivity contribution < 1.29 is 14.7 Å². The molecule has 1 aliphatic heterocycles. The molecule has 0 aliphatic carbocycles. The first-order chi connectivity index (χ1) is 9.09. The van der Waals surface area contributed by atoms with Crippen molar-refractivity contribution in [2.75, 3.05) is 13.1 Å². The number of likely N-dealkylation sites (tertiary alicyclic amines) is 1. The molecule has 1 aromatic rings. The molecule has 19 heavy (non-hydrogen) atoms. The van der Waals surface area contributed by atoms with Gasteiger partial charge in [-0.05, 0) is 19.8 Å². The summed E-state index contributed by atoms with van der Waals surface area (Å²) in [6, 6.07) is 0. The van der Waals surface area contributed by atoms with Crippen molar-refractivity contribution in [1.29, 1.82) is 0 Å². The zero-order chi connectivity index (χ0) is 13.8. The molecule has 0 spiro atoms. The normalized spacial score (nSPS) is 16.2. The highest BCUT2D eigenvalue weighted by atomic mass is 16.4. The molecule has 1 aliphatic rings. The highest BCUT2D eigenvalue weighted by Crippen LogP contribution is 2.12. The molecule has 1 fully saturated rings. The zero-order valence-corrected chi connectivity index (χ0v) is 11.1. The topological polar surface area (TPSA) is 75.4 Å². The maximum absolute atomic E-state index is 12.2. The number of imidazole rings is 1. The molecule has 0 saturated carbocycles. The summed E-state index contributed by atoms with van der Waals surface area (Å²) < 4.78 is 1.47. The molecule has 6 nitrogen and oxygen atoms in total. The Morgan fingerprint density at radius 3 is 2.47 bits per heavy atom. The molecule has 1 amide bonds. The second-order valence-electron chi connectivity index (χ2n) is 4.88. The largest absolute Gasteiger partial charge is 0.477 e. The van der Waals surface area contributed by atoms with E-state index in [1.54, 1.807) is 6.92 Å². The summed E-state index contributed by atoms with van der Waals surface area (Å²) in [7, 11) is 0. The lowest BCUT2D eigenvalue weighted by Crippen LogP contribution is -2.35. The summed E-state index contributed by atoms with van der Waals surface area (Å²) in [5, 5.41) is 9.06. The van der Waals surface area contributed by atoms with E-state index in [1.165, 1.54) is 10.8 Å². The molecular formula is C13H19N3O3. The highest BCUT2D eigenvalue weighted by molar-refractivity contribution is 5.86. The number of carboxylic acids is 1. The molecule has 6 heteroatoms. The minimum atomic E-state index is -1.05. The maximum atomic E-state index is 12.2. The third-order valence-electron chi connectivity index (χ3n) is 3.53. The molecule has 1 aromatic heterocycles. The first-order valence-electron chi connectivity index (χ1n) is 6.63. The van der Waals surface area contributed by atoms with Crippen LogP contribution in [0.2, 0.25) is 0 Å². The summed E-state index contributed by atoms with van der Waals surface area (Å²) in [6.45, 7) is 3.32. The number of aromatic carboxylic acids is 1. The molecule has 0 radical (unpaired) electrons. The fourth-order valence-corrected chi connectivity index (χ4v) is 2.39. The van der Waals surface area contributed by atoms with Gasteiger partial charge in [-0.3, -0.25) is 4.79 Å². The number of amides is 1. The van der Waals surface area contributed by atoms with Crippen molar-refractivity contribution >= 4 is 11.9 Å². The van der Waals surface area contributed by atoms with Crippen LogP contribution in [0.3, 0.4) is 0 Å². The Bertz CT molecular complexity index is 473. The zero-order valence-electron chi connectivity index (χ0n) is 11.1. The second kappa shape index (κ2) is 5.86. The van der Waals surface area contributed by atoms with Gasteiger partial charge in [-0.2, -0.15) is 0 Å². The molecule has 1 saturated heterocycles. The fraction of sp³-hybridized carbons (Fsp3) is 0.615. The van der Waals surface area contributed by atoms with Crippen molar-refractivity contribution in [3.05, 3.63) is 17.7 Å². The van der Waals surface area contributed by atoms with Gasteiger partial charge in [-0.25, -0.2) is 9.78 Å². The van der Waals surface area contributed by atoms with Gasteiger partial charge >= 0.3 is 5.97 Å². The van der Waals surface area contributed by atoms with Crippen LogP contribution in [0.5, 0.6) is 0 Å². The minimum absolute atomic E-state index is 0.0227. The van der Waals surface area contributed by atoms with Gasteiger partial charge in [-0.1, -0.05) is 12.8 Å². The molecule has 0 bridgehead atoms. The lowest BCUT2D eigenvalue weighted by Gasteiger charge is -2.21. The Kier molecular flexibility index (Phi) is 4.19. The van der Waals surface area contributed by atoms with Crippen molar-refractivity contribution in [2.24, 2.45) is 0 Å². The van der Waals surface area contributed by atoms with Crippen molar-refractivity contribution in [1.82, 2.24) is 14.5 Å². The number of rotatable bonds is 3. The van der Waals surface area contributed by atoms with Crippen LogP contribution >= 0.6 is 0 Å². The van der Waals surface area contributed by atoms with Crippen LogP contribution in [0.25, 0.3) is 0 Å². The first kappa shape index (κ1) is 13.6. The van der Waals surface area contributed by atoms with E-state index < -0.39 is 5.97 Å². The summed E-state index contributed by atoms with van der Waals surface area (Å²) >= 11 is 0. The number of nitrogens with zero attached hydrogens (tertiary/aromatic N) is 3. The van der Waals surface area contributed by atoms with Gasteiger partial charge in [0.2, 0.25) is 5.91 Å². The van der Waals surface area contributed by atoms with E-state index in [1.807, 2.05) is 4.90 Å². The third kappa shape index (κ3) is 3.13. The molecule has 0 atom stereocenters. The van der Waals surface area contributed by atoms with E-state index in [9.17, 15) is 9.59 Å². The van der Waals surface area contributed by atoms with Gasteiger partial charge in [-0.15, -0.1) is 0 Å². The smallest absolute Gasteiger partial charge is 0.354 e. The van der Waals surface area contributed by atoms with Crippen LogP contribution in [-0.2, 0) is 11.3 Å². The van der Waals surface area contributed by atoms with Gasteiger partial charge in [0.1, 0.15) is 18.1 Å². The minimum Gasteiger partial charge on any atom is -0.477 e. The van der Waals surface area contributed by atoms with Crippen LogP contribution < -0.4 is 0 Å². The quantitative estimate of drug-likeness (QED) is 0.893. The van der Waals surface area contributed by atoms with E-state index in [4.69, 9.17) is 5.11 Å². The van der Waals surface area contributed by atoms with Crippen LogP contribution in [0.4, 0.5) is 0 Å². The van der Waals surface area contributed by atoms with Gasteiger partial charge < -0.3 is 14.6 Å². The Hall–Kier alpha value is -1.85. The molecule has 2 rings (SSSR count). The van der Waals surface area contributed by atoms with E-state index >= 15 is 0 Å². The van der Waals surface area contributed by atoms with Crippen LogP contribution in [0.1, 0.15) is 42.0 Å². The number of hydrogen-bond donors (Lipinski definition) is 1. The van der Waals surface area contributed by atoms with E-state index in [0.717, 1.165) is 38.8 Å². The molecule has 0 unspecified atom stereocenters. The van der Waals surface area contributed by atoms with Crippen molar-refractivity contribution in [3.8, 4) is 0 Å². The Balaban J connectivity index is 2.09. The SMILES string of the molecule is Cc1ncc(C(=O)O)n1CC(=O)N1CCCCCC1. The molecule has 104 valence electrons. The molecule has 0 aromatic carbocycles. The Morgan fingerprint density at radius 1 is 1.26 bits per heavy atom. The fourth-order valence-electron chi connectivity index (χ4n) is 2.39. The summed E-state index contributed by atoms with van der Waals surface area (Å²) in [6.07, 6.45) is 5.68. The van der Waals surface area contributed by atoms with Gasteiger partial charge in [0.25, 0.3) is 0 Å². The maximum Gasteiger partial charge on any atom is 0.354 e. The number of carbonyl (C=O) groups is 2. The van der Waals surface area contributed by atoms with E-state index in [-0.39, 0.29) is 18.1 Å². The standard InChI is InChI=1S/C13H19N3O3/c1-10-14-8-11(13(18)19)16(10)9-12(17)15-6-4-2-3-5-7-15/h8H,2-7,9H2,1H3,(H,18,19). The summed E-state index contributed by atoms with van der Waals surface area (Å²) in [4.78, 5) is 29.1. The van der Waals surface area contributed by atoms with Crippen molar-refractivity contribution in [3.63, 3.8) is 0 Å². The third-order valence-corrected chi connectivity index (χ3v) is 3.53. The Morgan fingerprint density at radius 2 is 1.89 bits per heavy atom. The van der Waals surface area contributed by atoms with Gasteiger partial charge in [0, 0.05) is 13.1 Å². The lowest BCUT2D eigenvalue weighted by molar-refractivity contribution is -0.131. The Labute approximate surface area is 112 Å². The first-order valence-corrected chi connectivity index (χ1v) is 6.63. The number of carboxylic acid groups (broad SMARTS) is 1. The van der Waals surface area contributed by atoms with Gasteiger partial charge in [0.05, 0.1) is 6.20 Å². The molecular weight excluding hydrogens is 246 g/mol. The predicted molar refractivity (Wildman–Crippen MR) is 69.0 cm³/mol. The highest BCUT2D eigenvalue weighted by Gasteiger charge is 2.20. The number of carbonyl (C=O) groups excluding carboxylic acids is 1. The lowest BCUT2D eigenvalue weighted by atomic mass is 10.2. The van der Waals surface area contributed by atoms with Gasteiger partial charge in [0.15, 0.2) is 0 Å². The average Bonchev–Trinajstić information content (AvgIpc) is 2.60. The monoisotopic (exact) mass is 265 g/mol.